The van der Waals surface area contributed by atoms with Crippen LogP contribution in [0.4, 0.5) is 0 Å². The maximum Gasteiger partial charge on any atom is 0.258 e. The van der Waals surface area contributed by atoms with Crippen molar-refractivity contribution in [3.63, 3.8) is 0 Å². The summed E-state index contributed by atoms with van der Waals surface area (Å²) in [6, 6.07) is 13.9. The highest BCUT2D eigenvalue weighted by Crippen LogP contribution is 2.28. The Morgan fingerprint density at radius 3 is 2.65 bits per heavy atom. The Hall–Kier alpha value is -4.60. The Kier molecular flexibility index (Phi) is 7.86. The Bertz CT molecular complexity index is 1420. The highest BCUT2D eigenvalue weighted by atomic mass is 16.5. The fourth-order valence-electron chi connectivity index (χ4n) is 4.83. The van der Waals surface area contributed by atoms with Crippen LogP contribution >= 0.6 is 0 Å². The van der Waals surface area contributed by atoms with E-state index in [1.807, 2.05) is 32.0 Å². The number of fused-ring (bicyclic) bond motifs is 7. The first-order valence-electron chi connectivity index (χ1n) is 13.2. The molecule has 3 aliphatic rings. The summed E-state index contributed by atoms with van der Waals surface area (Å²) < 4.78 is 17.6. The summed E-state index contributed by atoms with van der Waals surface area (Å²) >= 11 is 0. The first-order valence-corrected chi connectivity index (χ1v) is 13.2. The molecule has 0 saturated carbocycles. The number of carbonyl (C=O) groups is 3. The van der Waals surface area contributed by atoms with Gasteiger partial charge in [0.15, 0.2) is 6.61 Å². The molecule has 4 heterocycles. The van der Waals surface area contributed by atoms with Crippen molar-refractivity contribution in [1.29, 1.82) is 0 Å². The number of likely N-dealkylation sites (tertiary alicyclic amines) is 1. The van der Waals surface area contributed by atoms with Crippen molar-refractivity contribution in [1.82, 2.24) is 20.5 Å². The number of carbonyl (C=O) groups excluding carboxylic acids is 3. The number of methoxy groups -OCH3 is 1. The summed E-state index contributed by atoms with van der Waals surface area (Å²) in [5.74, 6) is 0.773. The third-order valence-corrected chi connectivity index (χ3v) is 6.95. The molecule has 208 valence electrons. The van der Waals surface area contributed by atoms with Gasteiger partial charge in [-0.1, -0.05) is 26.0 Å². The summed E-state index contributed by atoms with van der Waals surface area (Å²) in [7, 11) is 1.54. The number of benzene rings is 2. The molecule has 3 aromatic rings. The second kappa shape index (κ2) is 11.6. The molecule has 10 nitrogen and oxygen atoms in total. The molecule has 1 fully saturated rings. The number of pyridine rings is 1. The number of amides is 3. The summed E-state index contributed by atoms with van der Waals surface area (Å²) in [4.78, 5) is 44.7. The zero-order chi connectivity index (χ0) is 28.2. The van der Waals surface area contributed by atoms with Crippen molar-refractivity contribution in [3.8, 4) is 28.4 Å². The van der Waals surface area contributed by atoms with Crippen molar-refractivity contribution in [2.24, 2.45) is 5.92 Å². The molecule has 3 amide bonds. The lowest BCUT2D eigenvalue weighted by molar-refractivity contribution is -0.133. The molecule has 2 N–H and O–H groups in total. The molecule has 6 bridgehead atoms. The molecule has 1 saturated heterocycles. The van der Waals surface area contributed by atoms with Gasteiger partial charge in [-0.3, -0.25) is 19.4 Å². The van der Waals surface area contributed by atoms with E-state index in [1.54, 1.807) is 48.5 Å². The molecule has 2 atom stereocenters. The van der Waals surface area contributed by atoms with Crippen LogP contribution in [-0.4, -0.2) is 66.6 Å². The summed E-state index contributed by atoms with van der Waals surface area (Å²) in [5.41, 5.74) is 2.64. The van der Waals surface area contributed by atoms with Gasteiger partial charge in [-0.15, -0.1) is 0 Å². The first kappa shape index (κ1) is 27.0. The number of hydrogen-bond acceptors (Lipinski definition) is 7. The molecule has 3 aliphatic heterocycles. The Balaban J connectivity index is 1.50. The second-order valence-corrected chi connectivity index (χ2v) is 10.2. The van der Waals surface area contributed by atoms with Crippen molar-refractivity contribution in [3.05, 3.63) is 72.1 Å². The SMILES string of the molecule is COc1cc2ccc1CNC(=O)COc1cccc(c1)-c1cncc(c1)C(=O)N[C@H]1CN(C(=O)C(C)C)C[C@@H]1O2. The Morgan fingerprint density at radius 2 is 1.85 bits per heavy atom. The topological polar surface area (TPSA) is 119 Å². The van der Waals surface area contributed by atoms with Gasteiger partial charge in [-0.25, -0.2) is 0 Å². The highest BCUT2D eigenvalue weighted by Gasteiger charge is 2.38. The third kappa shape index (κ3) is 6.01. The zero-order valence-corrected chi connectivity index (χ0v) is 22.7. The van der Waals surface area contributed by atoms with E-state index in [9.17, 15) is 14.4 Å². The van der Waals surface area contributed by atoms with E-state index < -0.39 is 12.1 Å². The smallest absolute Gasteiger partial charge is 0.258 e. The summed E-state index contributed by atoms with van der Waals surface area (Å²) in [6.45, 7) is 4.42. The van der Waals surface area contributed by atoms with E-state index in [0.717, 1.165) is 16.7 Å². The molecule has 1 aromatic heterocycles. The van der Waals surface area contributed by atoms with Gasteiger partial charge in [0.25, 0.3) is 11.8 Å². The predicted octanol–water partition coefficient (Wildman–Crippen LogP) is 2.81. The van der Waals surface area contributed by atoms with Crippen LogP contribution in [0.1, 0.15) is 29.8 Å². The Labute approximate surface area is 232 Å². The predicted molar refractivity (Wildman–Crippen MR) is 147 cm³/mol. The molecular weight excluding hydrogens is 512 g/mol. The molecule has 0 aliphatic carbocycles. The van der Waals surface area contributed by atoms with E-state index in [4.69, 9.17) is 14.2 Å². The van der Waals surface area contributed by atoms with Gasteiger partial charge in [0.1, 0.15) is 23.4 Å². The van der Waals surface area contributed by atoms with Crippen molar-refractivity contribution >= 4 is 17.7 Å². The standard InChI is InChI=1S/C30H32N4O6/c1-18(2)30(37)34-15-25-27(16-34)40-24-8-7-20(26(11-24)38-3)14-32-28(35)17-39-23-6-4-5-19(10-23)21-9-22(13-31-12-21)29(36)33-25/h4-13,18,25,27H,14-17H2,1-3H3,(H,32,35)(H,33,36)/t25-,27-/m0/s1. The maximum atomic E-state index is 13.4. The van der Waals surface area contributed by atoms with Gasteiger partial charge in [0.05, 0.1) is 25.3 Å². The van der Waals surface area contributed by atoms with Crippen LogP contribution in [0.15, 0.2) is 60.9 Å². The van der Waals surface area contributed by atoms with Gasteiger partial charge < -0.3 is 29.7 Å². The first-order chi connectivity index (χ1) is 19.3. The molecule has 0 unspecified atom stereocenters. The lowest BCUT2D eigenvalue weighted by Crippen LogP contribution is -2.45. The van der Waals surface area contributed by atoms with Gasteiger partial charge in [-0.05, 0) is 35.9 Å². The fraction of sp³-hybridized carbons (Fsp3) is 0.333. The quantitative estimate of drug-likeness (QED) is 0.509. The average molecular weight is 545 g/mol. The van der Waals surface area contributed by atoms with Crippen LogP contribution < -0.4 is 24.8 Å². The lowest BCUT2D eigenvalue weighted by Gasteiger charge is -2.22. The molecular formula is C30H32N4O6. The van der Waals surface area contributed by atoms with Crippen LogP contribution in [0.2, 0.25) is 0 Å². The molecule has 0 spiro atoms. The number of ether oxygens (including phenoxy) is 3. The van der Waals surface area contributed by atoms with Gasteiger partial charge in [0.2, 0.25) is 5.91 Å². The zero-order valence-electron chi connectivity index (χ0n) is 22.7. The average Bonchev–Trinajstić information content (AvgIpc) is 3.36. The van der Waals surface area contributed by atoms with E-state index >= 15 is 0 Å². The minimum Gasteiger partial charge on any atom is -0.496 e. The molecule has 6 rings (SSSR count). The molecule has 2 aromatic carbocycles. The van der Waals surface area contributed by atoms with Crippen molar-refractivity contribution in [2.75, 3.05) is 26.8 Å². The number of aromatic nitrogens is 1. The van der Waals surface area contributed by atoms with Crippen LogP contribution in [0.5, 0.6) is 17.2 Å². The fourth-order valence-corrected chi connectivity index (χ4v) is 4.83. The number of nitrogens with one attached hydrogen (secondary N) is 2. The van der Waals surface area contributed by atoms with Crippen LogP contribution in [-0.2, 0) is 16.1 Å². The molecule has 0 radical (unpaired) electrons. The van der Waals surface area contributed by atoms with E-state index in [0.29, 0.717) is 35.9 Å². The number of rotatable bonds is 2. The molecule has 10 heteroatoms. The minimum absolute atomic E-state index is 0.00898. The number of nitrogens with zero attached hydrogens (tertiary/aromatic N) is 2. The van der Waals surface area contributed by atoms with Crippen LogP contribution in [0.25, 0.3) is 11.1 Å². The maximum absolute atomic E-state index is 13.4. The summed E-state index contributed by atoms with van der Waals surface area (Å²) in [6.07, 6.45) is 2.67. The lowest BCUT2D eigenvalue weighted by atomic mass is 10.1. The van der Waals surface area contributed by atoms with Gasteiger partial charge >= 0.3 is 0 Å². The van der Waals surface area contributed by atoms with Crippen LogP contribution in [0, 0.1) is 5.92 Å². The molecule has 40 heavy (non-hydrogen) atoms. The van der Waals surface area contributed by atoms with E-state index in [-0.39, 0.29) is 36.8 Å². The van der Waals surface area contributed by atoms with Gasteiger partial charge in [0, 0.05) is 48.6 Å². The highest BCUT2D eigenvalue weighted by molar-refractivity contribution is 5.95. The largest absolute Gasteiger partial charge is 0.496 e. The van der Waals surface area contributed by atoms with E-state index in [1.165, 1.54) is 6.20 Å². The Morgan fingerprint density at radius 1 is 1.02 bits per heavy atom. The summed E-state index contributed by atoms with van der Waals surface area (Å²) in [5, 5.41) is 5.92. The van der Waals surface area contributed by atoms with Crippen LogP contribution in [0.3, 0.4) is 0 Å². The van der Waals surface area contributed by atoms with E-state index in [2.05, 4.69) is 15.6 Å². The minimum atomic E-state index is -0.488. The van der Waals surface area contributed by atoms with Crippen molar-refractivity contribution in [2.45, 2.75) is 32.5 Å². The number of hydrogen-bond donors (Lipinski definition) is 2. The second-order valence-electron chi connectivity index (χ2n) is 10.2. The normalized spacial score (nSPS) is 19.1. The monoisotopic (exact) mass is 544 g/mol. The van der Waals surface area contributed by atoms with Gasteiger partial charge in [-0.2, -0.15) is 0 Å². The third-order valence-electron chi connectivity index (χ3n) is 6.95. The van der Waals surface area contributed by atoms with Crippen molar-refractivity contribution < 1.29 is 28.6 Å².